The average Bonchev–Trinajstić information content (AvgIpc) is 3.11. The molecule has 0 aromatic carbocycles. The number of carbonyl (C=O) groups excluding carboxylic acids is 6. The molecular weight excluding hydrogens is 744 g/mol. The van der Waals surface area contributed by atoms with Crippen molar-refractivity contribution in [2.45, 2.75) is 156 Å². The van der Waals surface area contributed by atoms with Gasteiger partial charge in [0.25, 0.3) is 5.79 Å². The molecule has 320 valence electrons. The summed E-state index contributed by atoms with van der Waals surface area (Å²) < 4.78 is 64.8. The van der Waals surface area contributed by atoms with Crippen molar-refractivity contribution in [2.24, 2.45) is 29.6 Å². The third-order valence-corrected chi connectivity index (χ3v) is 10.8. The minimum absolute atomic E-state index is 0.00529. The summed E-state index contributed by atoms with van der Waals surface area (Å²) in [5.74, 6) is -8.62. The van der Waals surface area contributed by atoms with Gasteiger partial charge < -0.3 is 57.2 Å². The van der Waals surface area contributed by atoms with Crippen LogP contribution in [0, 0.1) is 29.6 Å². The summed E-state index contributed by atoms with van der Waals surface area (Å²) in [6, 6.07) is 0. The summed E-state index contributed by atoms with van der Waals surface area (Å²) in [6.07, 6.45) is -11.2. The van der Waals surface area contributed by atoms with Gasteiger partial charge in [0.2, 0.25) is 0 Å². The molecule has 0 spiro atoms. The number of aliphatic hydroxyl groups excluding tert-OH is 1. The molecule has 3 heterocycles. The van der Waals surface area contributed by atoms with Gasteiger partial charge in [0, 0.05) is 58.8 Å². The van der Waals surface area contributed by atoms with Gasteiger partial charge in [-0.2, -0.15) is 0 Å². The summed E-state index contributed by atoms with van der Waals surface area (Å²) in [5.41, 5.74) is 0. The molecule has 18 nitrogen and oxygen atoms in total. The van der Waals surface area contributed by atoms with Gasteiger partial charge in [-0.1, -0.05) is 41.5 Å². The third-order valence-electron chi connectivity index (χ3n) is 10.8. The number of esters is 6. The van der Waals surface area contributed by atoms with E-state index in [1.807, 2.05) is 27.7 Å². The summed E-state index contributed by atoms with van der Waals surface area (Å²) in [4.78, 5) is 74.7. The molecule has 6 unspecified atom stereocenters. The lowest BCUT2D eigenvalue weighted by atomic mass is 9.76. The molecule has 16 atom stereocenters. The first kappa shape index (κ1) is 47.0. The van der Waals surface area contributed by atoms with Gasteiger partial charge >= 0.3 is 35.8 Å². The van der Waals surface area contributed by atoms with Gasteiger partial charge in [-0.15, -0.1) is 0 Å². The lowest BCUT2D eigenvalue weighted by Crippen LogP contribution is -2.66. The van der Waals surface area contributed by atoms with Crippen LogP contribution < -0.4 is 0 Å². The van der Waals surface area contributed by atoms with Crippen molar-refractivity contribution in [3.05, 3.63) is 0 Å². The second-order valence-electron chi connectivity index (χ2n) is 15.0. The molecule has 0 aliphatic carbocycles. The van der Waals surface area contributed by atoms with E-state index in [2.05, 4.69) is 0 Å². The van der Waals surface area contributed by atoms with Crippen molar-refractivity contribution < 1.29 is 86.0 Å². The smallest absolute Gasteiger partial charge is 0.366 e. The Labute approximate surface area is 327 Å². The molecule has 0 saturated carbocycles. The van der Waals surface area contributed by atoms with Crippen molar-refractivity contribution >= 4 is 35.8 Å². The van der Waals surface area contributed by atoms with Crippen LogP contribution in [0.4, 0.5) is 0 Å². The van der Waals surface area contributed by atoms with E-state index in [9.17, 15) is 33.9 Å². The molecule has 0 radical (unpaired) electrons. The highest BCUT2D eigenvalue weighted by Gasteiger charge is 2.59. The minimum Gasteiger partial charge on any atom is -0.465 e. The predicted octanol–water partition coefficient (Wildman–Crippen LogP) is 2.37. The summed E-state index contributed by atoms with van der Waals surface area (Å²) >= 11 is 0. The van der Waals surface area contributed by atoms with Crippen LogP contribution >= 0.6 is 0 Å². The fourth-order valence-electron chi connectivity index (χ4n) is 7.72. The van der Waals surface area contributed by atoms with Gasteiger partial charge in [-0.05, 0) is 18.3 Å². The van der Waals surface area contributed by atoms with Gasteiger partial charge in [-0.25, -0.2) is 4.79 Å². The lowest BCUT2D eigenvalue weighted by Gasteiger charge is -2.52. The second kappa shape index (κ2) is 20.3. The molecule has 0 aromatic heterocycles. The monoisotopic (exact) mass is 804 g/mol. The Balaban J connectivity index is 2.16. The van der Waals surface area contributed by atoms with Crippen LogP contribution in [-0.4, -0.2) is 128 Å². The van der Waals surface area contributed by atoms with Crippen LogP contribution in [0.3, 0.4) is 0 Å². The Hall–Kier alpha value is -3.42. The van der Waals surface area contributed by atoms with Gasteiger partial charge in [0.05, 0.1) is 19.3 Å². The highest BCUT2D eigenvalue weighted by Crippen LogP contribution is 2.45. The van der Waals surface area contributed by atoms with E-state index in [1.54, 1.807) is 13.8 Å². The number of hydrogen-bond acceptors (Lipinski definition) is 18. The van der Waals surface area contributed by atoms with Crippen LogP contribution in [0.25, 0.3) is 0 Å². The zero-order valence-corrected chi connectivity index (χ0v) is 34.4. The Kier molecular flexibility index (Phi) is 17.0. The zero-order valence-electron chi connectivity index (χ0n) is 34.4. The number of rotatable bonds is 15. The summed E-state index contributed by atoms with van der Waals surface area (Å²) in [5, 5.41) is 10.8. The van der Waals surface area contributed by atoms with Crippen molar-refractivity contribution in [3.63, 3.8) is 0 Å². The first-order valence-corrected chi connectivity index (χ1v) is 19.0. The molecule has 3 aliphatic heterocycles. The fraction of sp³-hybridized carbons (Fsp3) is 0.842. The number of aliphatic hydroxyl groups is 1. The molecule has 0 aromatic rings. The van der Waals surface area contributed by atoms with E-state index in [-0.39, 0.29) is 24.9 Å². The van der Waals surface area contributed by atoms with Crippen LogP contribution in [-0.2, 0) is 80.9 Å². The molecule has 0 amide bonds. The van der Waals surface area contributed by atoms with Crippen molar-refractivity contribution in [1.82, 2.24) is 0 Å². The Morgan fingerprint density at radius 3 is 1.82 bits per heavy atom. The lowest BCUT2D eigenvalue weighted by molar-refractivity contribution is -0.376. The molecule has 3 saturated heterocycles. The van der Waals surface area contributed by atoms with Crippen molar-refractivity contribution in [3.8, 4) is 0 Å². The van der Waals surface area contributed by atoms with Crippen molar-refractivity contribution in [1.29, 1.82) is 0 Å². The summed E-state index contributed by atoms with van der Waals surface area (Å²) in [7, 11) is 1.18. The number of hydrogen-bond donors (Lipinski definition) is 1. The Morgan fingerprint density at radius 2 is 1.30 bits per heavy atom. The maximum absolute atomic E-state index is 14.0. The molecule has 3 rings (SSSR count). The molecule has 3 aliphatic rings. The van der Waals surface area contributed by atoms with Crippen LogP contribution in [0.1, 0.15) is 89.0 Å². The second-order valence-corrected chi connectivity index (χ2v) is 15.0. The average molecular weight is 805 g/mol. The number of carbonyl (C=O) groups is 6. The SMILES string of the molecule is CC[C@@H](OC(C)=O)[C@@H](C)[C@@H]1O[C@@](O[C@@H]2C(OC(C)=O)[C@H](O[C@H]3C(C)C(OC(C)=O)C(O)O[C@H]3COC(C)=O)OC(COC(C)=O)[C@@H]2C)(C(=O)OC)CC(C)[C@H]1C. The van der Waals surface area contributed by atoms with Gasteiger partial charge in [0.1, 0.15) is 37.6 Å². The van der Waals surface area contributed by atoms with E-state index in [4.69, 9.17) is 52.1 Å². The molecule has 0 bridgehead atoms. The van der Waals surface area contributed by atoms with E-state index in [0.717, 1.165) is 13.8 Å². The fourth-order valence-corrected chi connectivity index (χ4v) is 7.72. The van der Waals surface area contributed by atoms with E-state index in [0.29, 0.717) is 6.42 Å². The topological polar surface area (TPSA) is 224 Å². The third kappa shape index (κ3) is 11.6. The van der Waals surface area contributed by atoms with Crippen LogP contribution in [0.5, 0.6) is 0 Å². The normalized spacial score (nSPS) is 36.9. The molecule has 56 heavy (non-hydrogen) atoms. The Morgan fingerprint density at radius 1 is 0.732 bits per heavy atom. The zero-order chi connectivity index (χ0) is 42.2. The molecular formula is C38H60O18. The van der Waals surface area contributed by atoms with Crippen molar-refractivity contribution in [2.75, 3.05) is 20.3 Å². The largest absolute Gasteiger partial charge is 0.465 e. The van der Waals surface area contributed by atoms with E-state index in [1.165, 1.54) is 27.9 Å². The minimum atomic E-state index is -2.09. The highest BCUT2D eigenvalue weighted by molar-refractivity contribution is 5.78. The first-order chi connectivity index (χ1) is 26.2. The molecule has 1 N–H and O–H groups in total. The maximum atomic E-state index is 14.0. The number of methoxy groups -OCH3 is 1. The van der Waals surface area contributed by atoms with Crippen LogP contribution in [0.2, 0.25) is 0 Å². The van der Waals surface area contributed by atoms with E-state index >= 15 is 0 Å². The number of ether oxygens (including phenoxy) is 11. The Bertz CT molecular complexity index is 1390. The van der Waals surface area contributed by atoms with Gasteiger partial charge in [-0.3, -0.25) is 24.0 Å². The van der Waals surface area contributed by atoms with E-state index < -0.39 is 127 Å². The first-order valence-electron chi connectivity index (χ1n) is 19.0. The highest BCUT2D eigenvalue weighted by atomic mass is 16.8. The maximum Gasteiger partial charge on any atom is 0.366 e. The standard InChI is InChI=1S/C38H60O18/c1-13-27(49-24(9)41)19(4)30-18(3)17(2)14-38(55-30,37(45)46-12)56-32-20(5)28(15-47-22(7)39)53-36(34(32)51-26(11)43)54-31-21(6)33(50-25(10)42)35(44)52-29(31)16-48-23(8)40/h17-21,27-36,44H,13-16H2,1-12H3/t17?,18-,19-,20+,21?,27-,28?,29+,30-,31+,32+,33?,34?,35?,36+,38+/m1/s1. The quantitative estimate of drug-likeness (QED) is 0.185. The van der Waals surface area contributed by atoms with Gasteiger partial charge in [0.15, 0.2) is 24.8 Å². The molecule has 3 fully saturated rings. The summed E-state index contributed by atoms with van der Waals surface area (Å²) in [6.45, 7) is 16.2. The van der Waals surface area contributed by atoms with Crippen LogP contribution in [0.15, 0.2) is 0 Å². The predicted molar refractivity (Wildman–Crippen MR) is 190 cm³/mol. The molecule has 18 heteroatoms.